The topological polar surface area (TPSA) is 48.4 Å². The molecule has 0 unspecified atom stereocenters. The number of aromatic nitrogens is 1. The molecule has 1 rings (SSSR count). The van der Waals surface area contributed by atoms with Crippen molar-refractivity contribution in [1.82, 2.24) is 4.98 Å². The van der Waals surface area contributed by atoms with Crippen LogP contribution in [0, 0.1) is 0 Å². The van der Waals surface area contributed by atoms with Crippen molar-refractivity contribution in [2.24, 2.45) is 0 Å². The minimum atomic E-state index is -4.84. The predicted octanol–water partition coefficient (Wildman–Crippen LogP) is 3.15. The van der Waals surface area contributed by atoms with E-state index in [0.29, 0.717) is 0 Å². The van der Waals surface area contributed by atoms with Gasteiger partial charge in [0, 0.05) is 11.8 Å². The molecular formula is C12H12F5NO3. The Kier molecular flexibility index (Phi) is 5.45. The van der Waals surface area contributed by atoms with Crippen LogP contribution in [-0.4, -0.2) is 24.7 Å². The van der Waals surface area contributed by atoms with Gasteiger partial charge in [-0.25, -0.2) is 8.78 Å². The molecule has 21 heavy (non-hydrogen) atoms. The summed E-state index contributed by atoms with van der Waals surface area (Å²) in [5.41, 5.74) is -2.89. The van der Waals surface area contributed by atoms with Gasteiger partial charge in [-0.2, -0.15) is 13.2 Å². The van der Waals surface area contributed by atoms with Crippen LogP contribution in [0.3, 0.4) is 0 Å². The molecule has 1 aromatic heterocycles. The van der Waals surface area contributed by atoms with Crippen LogP contribution in [0.4, 0.5) is 22.0 Å². The second kappa shape index (κ2) is 6.68. The third kappa shape index (κ3) is 4.02. The molecule has 1 aromatic rings. The molecule has 0 saturated carbocycles. The van der Waals surface area contributed by atoms with Gasteiger partial charge in [0.25, 0.3) is 6.43 Å². The first-order valence-electron chi connectivity index (χ1n) is 5.79. The van der Waals surface area contributed by atoms with E-state index in [9.17, 15) is 26.7 Å². The van der Waals surface area contributed by atoms with Gasteiger partial charge in [-0.05, 0) is 6.92 Å². The van der Waals surface area contributed by atoms with E-state index in [-0.39, 0.29) is 12.8 Å². The van der Waals surface area contributed by atoms with Crippen LogP contribution in [0.5, 0.6) is 5.75 Å². The van der Waals surface area contributed by atoms with Crippen LogP contribution in [0.2, 0.25) is 0 Å². The summed E-state index contributed by atoms with van der Waals surface area (Å²) in [6.07, 6.45) is -8.52. The maximum atomic E-state index is 12.9. The zero-order valence-electron chi connectivity index (χ0n) is 11.1. The van der Waals surface area contributed by atoms with E-state index in [4.69, 9.17) is 0 Å². The molecule has 9 heteroatoms. The highest BCUT2D eigenvalue weighted by Crippen LogP contribution is 2.40. The summed E-state index contributed by atoms with van der Waals surface area (Å²) >= 11 is 0. The number of hydrogen-bond acceptors (Lipinski definition) is 4. The van der Waals surface area contributed by atoms with Gasteiger partial charge in [0.15, 0.2) is 0 Å². The van der Waals surface area contributed by atoms with Crippen molar-refractivity contribution < 1.29 is 36.2 Å². The highest BCUT2D eigenvalue weighted by Gasteiger charge is 2.38. The maximum absolute atomic E-state index is 12.9. The standard InChI is InChI=1S/C12H12F5NO3/c1-3-21-8(19)4-6-9(11(13)14)18-5-7(10(6)20-2)12(15,16)17/h5,11H,3-4H2,1-2H3. The summed E-state index contributed by atoms with van der Waals surface area (Å²) in [4.78, 5) is 14.5. The molecule has 0 atom stereocenters. The van der Waals surface area contributed by atoms with Crippen molar-refractivity contribution in [3.63, 3.8) is 0 Å². The van der Waals surface area contributed by atoms with E-state index in [1.807, 2.05) is 0 Å². The smallest absolute Gasteiger partial charge is 0.421 e. The fourth-order valence-corrected chi connectivity index (χ4v) is 1.70. The number of ether oxygens (including phenoxy) is 2. The lowest BCUT2D eigenvalue weighted by atomic mass is 10.0. The van der Waals surface area contributed by atoms with Crippen LogP contribution in [0.1, 0.15) is 30.2 Å². The third-order valence-electron chi connectivity index (χ3n) is 2.50. The molecule has 0 fully saturated rings. The largest absolute Gasteiger partial charge is 0.496 e. The first kappa shape index (κ1) is 17.1. The molecule has 0 radical (unpaired) electrons. The molecule has 118 valence electrons. The number of hydrogen-bond donors (Lipinski definition) is 0. The van der Waals surface area contributed by atoms with Gasteiger partial charge in [-0.1, -0.05) is 0 Å². The Balaban J connectivity index is 3.42. The van der Waals surface area contributed by atoms with E-state index >= 15 is 0 Å². The van der Waals surface area contributed by atoms with Gasteiger partial charge in [0.2, 0.25) is 0 Å². The van der Waals surface area contributed by atoms with Crippen molar-refractivity contribution in [2.75, 3.05) is 13.7 Å². The fourth-order valence-electron chi connectivity index (χ4n) is 1.70. The Bertz CT molecular complexity index is 516. The summed E-state index contributed by atoms with van der Waals surface area (Å²) in [7, 11) is 0.897. The summed E-state index contributed by atoms with van der Waals surface area (Å²) in [6.45, 7) is 1.45. The molecule has 0 amide bonds. The lowest BCUT2D eigenvalue weighted by Crippen LogP contribution is -2.16. The molecule has 0 aliphatic heterocycles. The van der Waals surface area contributed by atoms with E-state index in [1.54, 1.807) is 0 Å². The van der Waals surface area contributed by atoms with Crippen molar-refractivity contribution in [2.45, 2.75) is 25.9 Å². The Morgan fingerprint density at radius 2 is 2.00 bits per heavy atom. The quantitative estimate of drug-likeness (QED) is 0.619. The van der Waals surface area contributed by atoms with E-state index in [0.717, 1.165) is 7.11 Å². The van der Waals surface area contributed by atoms with Gasteiger partial charge in [0.05, 0.1) is 20.1 Å². The van der Waals surface area contributed by atoms with Crippen LogP contribution in [-0.2, 0) is 22.1 Å². The second-order valence-corrected chi connectivity index (χ2v) is 3.85. The van der Waals surface area contributed by atoms with Crippen LogP contribution < -0.4 is 4.74 Å². The van der Waals surface area contributed by atoms with Crippen LogP contribution in [0.15, 0.2) is 6.20 Å². The van der Waals surface area contributed by atoms with Crippen molar-refractivity contribution in [3.8, 4) is 5.75 Å². The number of halogens is 5. The molecule has 4 nitrogen and oxygen atoms in total. The number of carbonyl (C=O) groups is 1. The molecule has 1 heterocycles. The van der Waals surface area contributed by atoms with Gasteiger partial charge >= 0.3 is 12.1 Å². The second-order valence-electron chi connectivity index (χ2n) is 3.85. The number of rotatable bonds is 5. The minimum absolute atomic E-state index is 0.0302. The normalized spacial score (nSPS) is 11.6. The number of nitrogens with zero attached hydrogens (tertiary/aromatic N) is 1. The van der Waals surface area contributed by atoms with Gasteiger partial charge in [-0.3, -0.25) is 9.78 Å². The Labute approximate surface area is 116 Å². The maximum Gasteiger partial charge on any atom is 0.421 e. The number of pyridine rings is 1. The highest BCUT2D eigenvalue weighted by atomic mass is 19.4. The number of carbonyl (C=O) groups excluding carboxylic acids is 1. The van der Waals surface area contributed by atoms with Crippen molar-refractivity contribution >= 4 is 5.97 Å². The number of alkyl halides is 5. The monoisotopic (exact) mass is 313 g/mol. The predicted molar refractivity (Wildman–Crippen MR) is 61.1 cm³/mol. The Morgan fingerprint density at radius 3 is 2.43 bits per heavy atom. The summed E-state index contributed by atoms with van der Waals surface area (Å²) < 4.78 is 73.3. The van der Waals surface area contributed by atoms with Gasteiger partial charge in [0.1, 0.15) is 17.0 Å². The molecule has 0 aliphatic rings. The zero-order chi connectivity index (χ0) is 16.2. The average molecular weight is 313 g/mol. The SMILES string of the molecule is CCOC(=O)Cc1c(C(F)F)ncc(C(F)(F)F)c1OC. The van der Waals surface area contributed by atoms with Gasteiger partial charge < -0.3 is 9.47 Å². The lowest BCUT2D eigenvalue weighted by Gasteiger charge is -2.17. The van der Waals surface area contributed by atoms with Crippen LogP contribution >= 0.6 is 0 Å². The van der Waals surface area contributed by atoms with Crippen molar-refractivity contribution in [1.29, 1.82) is 0 Å². The average Bonchev–Trinajstić information content (AvgIpc) is 2.36. The summed E-state index contributed by atoms with van der Waals surface area (Å²) in [6, 6.07) is 0. The van der Waals surface area contributed by atoms with Crippen molar-refractivity contribution in [3.05, 3.63) is 23.0 Å². The minimum Gasteiger partial charge on any atom is -0.496 e. The Morgan fingerprint density at radius 1 is 1.38 bits per heavy atom. The lowest BCUT2D eigenvalue weighted by molar-refractivity contribution is -0.143. The number of esters is 1. The molecule has 0 saturated heterocycles. The number of methoxy groups -OCH3 is 1. The summed E-state index contributed by atoms with van der Waals surface area (Å²) in [5.74, 6) is -1.79. The summed E-state index contributed by atoms with van der Waals surface area (Å²) in [5, 5.41) is 0. The highest BCUT2D eigenvalue weighted by molar-refractivity contribution is 5.74. The molecule has 0 aliphatic carbocycles. The van der Waals surface area contributed by atoms with Gasteiger partial charge in [-0.15, -0.1) is 0 Å². The molecule has 0 bridgehead atoms. The van der Waals surface area contributed by atoms with E-state index in [1.165, 1.54) is 6.92 Å². The first-order chi connectivity index (χ1) is 9.72. The van der Waals surface area contributed by atoms with Crippen LogP contribution in [0.25, 0.3) is 0 Å². The third-order valence-corrected chi connectivity index (χ3v) is 2.50. The molecule has 0 aromatic carbocycles. The fraction of sp³-hybridized carbons (Fsp3) is 0.500. The Hall–Kier alpha value is -1.93. The molecule has 0 spiro atoms. The molecular weight excluding hydrogens is 301 g/mol. The van der Waals surface area contributed by atoms with E-state index in [2.05, 4.69) is 14.5 Å². The first-order valence-corrected chi connectivity index (χ1v) is 5.79. The van der Waals surface area contributed by atoms with E-state index < -0.39 is 47.6 Å². The molecule has 0 N–H and O–H groups in total. The zero-order valence-corrected chi connectivity index (χ0v) is 11.1.